The summed E-state index contributed by atoms with van der Waals surface area (Å²) in [4.78, 5) is 14.7. The van der Waals surface area contributed by atoms with Crippen LogP contribution in [0.3, 0.4) is 0 Å². The van der Waals surface area contributed by atoms with Gasteiger partial charge in [-0.25, -0.2) is 9.07 Å². The third kappa shape index (κ3) is 5.05. The summed E-state index contributed by atoms with van der Waals surface area (Å²) in [6.07, 6.45) is 0.0912. The number of benzene rings is 2. The molecule has 8 nitrogen and oxygen atoms in total. The first-order valence-electron chi connectivity index (χ1n) is 10.2. The summed E-state index contributed by atoms with van der Waals surface area (Å²) in [5.74, 6) is 1.11. The van der Waals surface area contributed by atoms with Gasteiger partial charge in [0, 0.05) is 24.6 Å². The van der Waals surface area contributed by atoms with Gasteiger partial charge in [-0.15, -0.1) is 5.10 Å². The van der Waals surface area contributed by atoms with Crippen LogP contribution in [-0.4, -0.2) is 61.9 Å². The van der Waals surface area contributed by atoms with Crippen molar-refractivity contribution in [2.45, 2.75) is 31.9 Å². The number of carbonyl (C=O) groups excluding carboxylic acids is 1. The second kappa shape index (κ2) is 9.22. The highest BCUT2D eigenvalue weighted by Gasteiger charge is 2.28. The number of aromatic nitrogens is 4. The number of tetrazole rings is 1. The lowest BCUT2D eigenvalue weighted by atomic mass is 9.99. The SMILES string of the molecule is Cc1nnnn1CC(O)COc1ccc(C(=O)N2CCC(c3ccc(F)cc3)C2)cc1. The molecule has 2 unspecified atom stereocenters. The number of hydrogen-bond donors (Lipinski definition) is 1. The number of nitrogens with zero attached hydrogens (tertiary/aromatic N) is 5. The van der Waals surface area contributed by atoms with Gasteiger partial charge in [0.15, 0.2) is 0 Å². The van der Waals surface area contributed by atoms with Gasteiger partial charge in [0.2, 0.25) is 0 Å². The quantitative estimate of drug-likeness (QED) is 0.624. The van der Waals surface area contributed by atoms with Crippen LogP contribution in [0, 0.1) is 12.7 Å². The molecule has 2 aromatic carbocycles. The van der Waals surface area contributed by atoms with E-state index in [2.05, 4.69) is 15.5 Å². The molecule has 0 bridgehead atoms. The lowest BCUT2D eigenvalue weighted by molar-refractivity contribution is 0.0789. The highest BCUT2D eigenvalue weighted by Crippen LogP contribution is 2.28. The van der Waals surface area contributed by atoms with Crippen molar-refractivity contribution in [3.05, 3.63) is 71.3 Å². The highest BCUT2D eigenvalue weighted by atomic mass is 19.1. The summed E-state index contributed by atoms with van der Waals surface area (Å²) < 4.78 is 20.3. The lowest BCUT2D eigenvalue weighted by Crippen LogP contribution is -2.28. The number of amides is 1. The minimum absolute atomic E-state index is 0.0367. The van der Waals surface area contributed by atoms with Crippen molar-refractivity contribution in [3.63, 3.8) is 0 Å². The standard InChI is InChI=1S/C22H24FN5O3/c1-15-24-25-26-28(15)13-20(29)14-31-21-8-4-17(5-9-21)22(30)27-11-10-18(12-27)16-2-6-19(23)7-3-16/h2-9,18,20,29H,10-14H2,1H3. The molecule has 31 heavy (non-hydrogen) atoms. The minimum Gasteiger partial charge on any atom is -0.491 e. The summed E-state index contributed by atoms with van der Waals surface area (Å²) >= 11 is 0. The van der Waals surface area contributed by atoms with E-state index in [1.165, 1.54) is 16.8 Å². The summed E-state index contributed by atoms with van der Waals surface area (Å²) in [7, 11) is 0. The van der Waals surface area contributed by atoms with E-state index in [-0.39, 0.29) is 30.8 Å². The average Bonchev–Trinajstić information content (AvgIpc) is 3.42. The normalized spacial score (nSPS) is 17.0. The second-order valence-corrected chi connectivity index (χ2v) is 7.69. The van der Waals surface area contributed by atoms with Crippen molar-refractivity contribution in [1.29, 1.82) is 0 Å². The second-order valence-electron chi connectivity index (χ2n) is 7.69. The Hall–Kier alpha value is -3.33. The van der Waals surface area contributed by atoms with Gasteiger partial charge in [-0.2, -0.15) is 0 Å². The number of hydrogen-bond acceptors (Lipinski definition) is 6. The maximum Gasteiger partial charge on any atom is 0.253 e. The number of likely N-dealkylation sites (tertiary alicyclic amines) is 1. The molecule has 3 aromatic rings. The molecule has 0 spiro atoms. The highest BCUT2D eigenvalue weighted by molar-refractivity contribution is 5.94. The van der Waals surface area contributed by atoms with E-state index < -0.39 is 6.10 Å². The summed E-state index contributed by atoms with van der Waals surface area (Å²) in [5.41, 5.74) is 1.63. The molecule has 1 amide bonds. The van der Waals surface area contributed by atoms with Crippen molar-refractivity contribution in [3.8, 4) is 5.75 Å². The van der Waals surface area contributed by atoms with E-state index in [1.807, 2.05) is 4.90 Å². The molecular weight excluding hydrogens is 401 g/mol. The fourth-order valence-corrected chi connectivity index (χ4v) is 3.69. The van der Waals surface area contributed by atoms with E-state index >= 15 is 0 Å². The Morgan fingerprint density at radius 2 is 1.97 bits per heavy atom. The predicted molar refractivity (Wildman–Crippen MR) is 110 cm³/mol. The number of aryl methyl sites for hydroxylation is 1. The van der Waals surface area contributed by atoms with Crippen molar-refractivity contribution in [1.82, 2.24) is 25.1 Å². The predicted octanol–water partition coefficient (Wildman–Crippen LogP) is 2.19. The van der Waals surface area contributed by atoms with Gasteiger partial charge in [0.1, 0.15) is 30.1 Å². The Morgan fingerprint density at radius 1 is 1.23 bits per heavy atom. The number of carbonyl (C=O) groups is 1. The molecule has 1 N–H and O–H groups in total. The first kappa shape index (κ1) is 20.9. The van der Waals surface area contributed by atoms with Crippen molar-refractivity contribution in [2.24, 2.45) is 0 Å². The maximum atomic E-state index is 13.1. The molecule has 2 atom stereocenters. The monoisotopic (exact) mass is 425 g/mol. The molecule has 4 rings (SSSR count). The maximum absolute atomic E-state index is 13.1. The summed E-state index contributed by atoms with van der Waals surface area (Å²) in [6.45, 7) is 3.36. The molecule has 1 aromatic heterocycles. The van der Waals surface area contributed by atoms with Crippen LogP contribution in [0.15, 0.2) is 48.5 Å². The topological polar surface area (TPSA) is 93.4 Å². The van der Waals surface area contributed by atoms with Crippen molar-refractivity contribution < 1.29 is 19.0 Å². The van der Waals surface area contributed by atoms with E-state index in [0.29, 0.717) is 30.2 Å². The molecule has 1 saturated heterocycles. The molecule has 9 heteroatoms. The Kier molecular flexibility index (Phi) is 6.22. The first-order chi connectivity index (χ1) is 15.0. The van der Waals surface area contributed by atoms with Crippen LogP contribution in [0.4, 0.5) is 4.39 Å². The molecule has 0 radical (unpaired) electrons. The lowest BCUT2D eigenvalue weighted by Gasteiger charge is -2.17. The van der Waals surface area contributed by atoms with Crippen LogP contribution in [-0.2, 0) is 6.54 Å². The summed E-state index contributed by atoms with van der Waals surface area (Å²) in [5, 5.41) is 21.2. The first-order valence-corrected chi connectivity index (χ1v) is 10.2. The Bertz CT molecular complexity index is 1020. The average molecular weight is 425 g/mol. The Labute approximate surface area is 179 Å². The van der Waals surface area contributed by atoms with E-state index in [4.69, 9.17) is 4.74 Å². The van der Waals surface area contributed by atoms with Crippen LogP contribution in [0.25, 0.3) is 0 Å². The Balaban J connectivity index is 1.29. The molecule has 162 valence electrons. The fraction of sp³-hybridized carbons (Fsp3) is 0.364. The molecule has 0 aliphatic carbocycles. The zero-order chi connectivity index (χ0) is 21.8. The number of halogens is 1. The van der Waals surface area contributed by atoms with E-state index in [0.717, 1.165) is 12.0 Å². The van der Waals surface area contributed by atoms with Crippen LogP contribution in [0.5, 0.6) is 5.75 Å². The fourth-order valence-electron chi connectivity index (χ4n) is 3.69. The molecule has 1 aliphatic rings. The van der Waals surface area contributed by atoms with Gasteiger partial charge in [-0.3, -0.25) is 4.79 Å². The van der Waals surface area contributed by atoms with Crippen molar-refractivity contribution in [2.75, 3.05) is 19.7 Å². The molecule has 2 heterocycles. The molecule has 1 aliphatic heterocycles. The number of ether oxygens (including phenoxy) is 1. The largest absolute Gasteiger partial charge is 0.491 e. The van der Waals surface area contributed by atoms with Gasteiger partial charge < -0.3 is 14.7 Å². The van der Waals surface area contributed by atoms with Gasteiger partial charge in [-0.05, 0) is 65.7 Å². The van der Waals surface area contributed by atoms with Gasteiger partial charge in [0.05, 0.1) is 6.54 Å². The van der Waals surface area contributed by atoms with Crippen LogP contribution in [0.1, 0.15) is 34.1 Å². The van der Waals surface area contributed by atoms with Gasteiger partial charge in [0.25, 0.3) is 5.91 Å². The van der Waals surface area contributed by atoms with E-state index in [1.54, 1.807) is 43.3 Å². The van der Waals surface area contributed by atoms with E-state index in [9.17, 15) is 14.3 Å². The molecule has 1 fully saturated rings. The van der Waals surface area contributed by atoms with Crippen molar-refractivity contribution >= 4 is 5.91 Å². The zero-order valence-electron chi connectivity index (χ0n) is 17.2. The number of aliphatic hydroxyl groups excluding tert-OH is 1. The van der Waals surface area contributed by atoms with Gasteiger partial charge >= 0.3 is 0 Å². The Morgan fingerprint density at radius 3 is 2.65 bits per heavy atom. The van der Waals surface area contributed by atoms with Crippen LogP contribution in [0.2, 0.25) is 0 Å². The molecular formula is C22H24FN5O3. The summed E-state index contributed by atoms with van der Waals surface area (Å²) in [6, 6.07) is 13.4. The van der Waals surface area contributed by atoms with Crippen LogP contribution < -0.4 is 4.74 Å². The van der Waals surface area contributed by atoms with Crippen LogP contribution >= 0.6 is 0 Å². The third-order valence-electron chi connectivity index (χ3n) is 5.46. The third-order valence-corrected chi connectivity index (χ3v) is 5.46. The zero-order valence-corrected chi connectivity index (χ0v) is 17.2. The molecule has 0 saturated carbocycles. The van der Waals surface area contributed by atoms with Gasteiger partial charge in [-0.1, -0.05) is 12.1 Å². The minimum atomic E-state index is -0.767. The smallest absolute Gasteiger partial charge is 0.253 e. The number of rotatable bonds is 7. The number of aliphatic hydroxyl groups is 1.